The van der Waals surface area contributed by atoms with Crippen LogP contribution in [0.15, 0.2) is 18.2 Å². The minimum atomic E-state index is 0.0130. The van der Waals surface area contributed by atoms with Crippen LogP contribution in [0.2, 0.25) is 0 Å². The first-order valence-electron chi connectivity index (χ1n) is 9.83. The fourth-order valence-electron chi connectivity index (χ4n) is 4.91. The van der Waals surface area contributed by atoms with Crippen molar-refractivity contribution < 1.29 is 14.6 Å². The van der Waals surface area contributed by atoms with Crippen LogP contribution < -0.4 is 4.74 Å². The number of fused-ring (bicyclic) bond motifs is 3. The molecule has 1 saturated carbocycles. The van der Waals surface area contributed by atoms with Crippen molar-refractivity contribution in [2.75, 3.05) is 13.2 Å². The number of aliphatic hydroxyl groups excluding tert-OH is 1. The summed E-state index contributed by atoms with van der Waals surface area (Å²) in [6.07, 6.45) is 2.40. The van der Waals surface area contributed by atoms with Gasteiger partial charge >= 0.3 is 0 Å². The average Bonchev–Trinajstić information content (AvgIpc) is 2.96. The maximum atomic E-state index is 12.9. The number of aryl methyl sites for hydroxylation is 3. The number of benzene rings is 1. The van der Waals surface area contributed by atoms with Crippen LogP contribution in [0.1, 0.15) is 63.0 Å². The van der Waals surface area contributed by atoms with Gasteiger partial charge < -0.3 is 9.84 Å². The van der Waals surface area contributed by atoms with Crippen molar-refractivity contribution in [3.05, 3.63) is 50.2 Å². The van der Waals surface area contributed by atoms with E-state index >= 15 is 0 Å². The van der Waals surface area contributed by atoms with Gasteiger partial charge in [0.05, 0.1) is 11.5 Å². The number of rotatable bonds is 7. The van der Waals surface area contributed by atoms with Crippen LogP contribution in [0.25, 0.3) is 0 Å². The van der Waals surface area contributed by atoms with Crippen molar-refractivity contribution in [2.45, 2.75) is 52.9 Å². The second-order valence-electron chi connectivity index (χ2n) is 8.58. The Kier molecular flexibility index (Phi) is 4.68. The Labute approximate surface area is 165 Å². The second kappa shape index (κ2) is 6.75. The monoisotopic (exact) mass is 384 g/mol. The van der Waals surface area contributed by atoms with Crippen molar-refractivity contribution >= 4 is 17.1 Å². The van der Waals surface area contributed by atoms with E-state index in [0.29, 0.717) is 30.1 Å². The minimum Gasteiger partial charge on any atom is -0.491 e. The quantitative estimate of drug-likeness (QED) is 0.694. The Morgan fingerprint density at radius 2 is 2.11 bits per heavy atom. The first kappa shape index (κ1) is 18.7. The normalized spacial score (nSPS) is 21.7. The number of carbonyl (C=O) groups is 1. The first-order valence-corrected chi connectivity index (χ1v) is 10.6. The molecule has 0 amide bonds. The van der Waals surface area contributed by atoms with Crippen LogP contribution in [0.5, 0.6) is 5.75 Å². The van der Waals surface area contributed by atoms with E-state index in [1.807, 2.05) is 19.1 Å². The molecule has 1 aromatic heterocycles. The van der Waals surface area contributed by atoms with E-state index < -0.39 is 0 Å². The van der Waals surface area contributed by atoms with E-state index in [-0.39, 0.29) is 6.61 Å². The third-order valence-corrected chi connectivity index (χ3v) is 7.71. The van der Waals surface area contributed by atoms with Crippen LogP contribution in [-0.2, 0) is 12.8 Å². The standard InChI is InChI=1S/C23H28O3S/c1-13-11-15(6-8-19(13)26-10-9-24)5-7-18(25)22-16-12-17-21(23(17,3)4)20(16)14(2)27-22/h6,8,11,17,21,24H,5,7,9-10,12H2,1-4H3/t17-,21-/m1/s1. The first-order chi connectivity index (χ1) is 12.8. The molecule has 0 radical (unpaired) electrons. The molecule has 1 N–H and O–H groups in total. The van der Waals surface area contributed by atoms with E-state index in [1.54, 1.807) is 11.3 Å². The lowest BCUT2D eigenvalue weighted by molar-refractivity contribution is 0.0985. The number of ketones is 1. The molecule has 4 rings (SSSR count). The van der Waals surface area contributed by atoms with E-state index in [0.717, 1.165) is 40.5 Å². The lowest BCUT2D eigenvalue weighted by Crippen LogP contribution is -2.06. The van der Waals surface area contributed by atoms with Crippen LogP contribution in [0.4, 0.5) is 0 Å². The molecular weight excluding hydrogens is 356 g/mol. The third kappa shape index (κ3) is 3.13. The lowest BCUT2D eigenvalue weighted by atomic mass is 9.94. The maximum Gasteiger partial charge on any atom is 0.173 e. The largest absolute Gasteiger partial charge is 0.491 e. The van der Waals surface area contributed by atoms with Crippen molar-refractivity contribution in [3.63, 3.8) is 0 Å². The molecule has 1 heterocycles. The SMILES string of the molecule is Cc1cc(CCC(=O)c2sc(C)c3c2C[C@@H]2[C@H]3C2(C)C)ccc1OCCO. The van der Waals surface area contributed by atoms with Gasteiger partial charge in [-0.25, -0.2) is 0 Å². The summed E-state index contributed by atoms with van der Waals surface area (Å²) in [7, 11) is 0. The molecule has 1 aromatic carbocycles. The number of aliphatic hydroxyl groups is 1. The Bertz CT molecular complexity index is 893. The Hall–Kier alpha value is -1.65. The number of ether oxygens (including phenoxy) is 1. The highest BCUT2D eigenvalue weighted by atomic mass is 32.1. The predicted octanol–water partition coefficient (Wildman–Crippen LogP) is 4.85. The molecule has 0 aliphatic heterocycles. The average molecular weight is 385 g/mol. The molecule has 0 unspecified atom stereocenters. The van der Waals surface area contributed by atoms with Gasteiger partial charge in [0.1, 0.15) is 12.4 Å². The molecule has 0 spiro atoms. The summed E-state index contributed by atoms with van der Waals surface area (Å²) in [5.74, 6) is 2.52. The lowest BCUT2D eigenvalue weighted by Gasteiger charge is -2.11. The van der Waals surface area contributed by atoms with Gasteiger partial charge in [0, 0.05) is 11.3 Å². The highest BCUT2D eigenvalue weighted by Crippen LogP contribution is 2.71. The summed E-state index contributed by atoms with van der Waals surface area (Å²) in [5, 5.41) is 8.88. The molecule has 2 aliphatic rings. The molecule has 4 heteroatoms. The molecule has 27 heavy (non-hydrogen) atoms. The predicted molar refractivity (Wildman–Crippen MR) is 109 cm³/mol. The number of carbonyl (C=O) groups excluding carboxylic acids is 1. The van der Waals surface area contributed by atoms with Gasteiger partial charge in [-0.2, -0.15) is 0 Å². The highest BCUT2D eigenvalue weighted by molar-refractivity contribution is 7.14. The maximum absolute atomic E-state index is 12.9. The van der Waals surface area contributed by atoms with Gasteiger partial charge in [0.25, 0.3) is 0 Å². The zero-order valence-corrected chi connectivity index (χ0v) is 17.4. The summed E-state index contributed by atoms with van der Waals surface area (Å²) in [4.78, 5) is 15.3. The van der Waals surface area contributed by atoms with Crippen molar-refractivity contribution in [3.8, 4) is 5.75 Å². The zero-order valence-electron chi connectivity index (χ0n) is 16.6. The van der Waals surface area contributed by atoms with E-state index in [1.165, 1.54) is 16.0 Å². The molecular formula is C23H28O3S. The summed E-state index contributed by atoms with van der Waals surface area (Å²) in [5.41, 5.74) is 5.49. The van der Waals surface area contributed by atoms with E-state index in [2.05, 4.69) is 26.8 Å². The van der Waals surface area contributed by atoms with Gasteiger partial charge in [0.2, 0.25) is 0 Å². The fourth-order valence-corrected chi connectivity index (χ4v) is 6.11. The van der Waals surface area contributed by atoms with E-state index in [4.69, 9.17) is 9.84 Å². The molecule has 2 atom stereocenters. The fraction of sp³-hybridized carbons (Fsp3) is 0.522. The summed E-state index contributed by atoms with van der Waals surface area (Å²) in [6.45, 7) is 9.23. The van der Waals surface area contributed by atoms with Crippen LogP contribution in [-0.4, -0.2) is 24.1 Å². The molecule has 2 aliphatic carbocycles. The summed E-state index contributed by atoms with van der Waals surface area (Å²) < 4.78 is 5.50. The van der Waals surface area contributed by atoms with Crippen molar-refractivity contribution in [2.24, 2.45) is 11.3 Å². The molecule has 2 aromatic rings. The zero-order chi connectivity index (χ0) is 19.3. The van der Waals surface area contributed by atoms with Crippen molar-refractivity contribution in [1.82, 2.24) is 0 Å². The smallest absolute Gasteiger partial charge is 0.173 e. The Balaban J connectivity index is 1.43. The number of hydrogen-bond donors (Lipinski definition) is 1. The number of hydrogen-bond acceptors (Lipinski definition) is 4. The number of thiophene rings is 1. The molecule has 0 bridgehead atoms. The van der Waals surface area contributed by atoms with Crippen molar-refractivity contribution in [1.29, 1.82) is 0 Å². The Morgan fingerprint density at radius 1 is 1.33 bits per heavy atom. The summed E-state index contributed by atoms with van der Waals surface area (Å²) in [6, 6.07) is 6.05. The molecule has 3 nitrogen and oxygen atoms in total. The van der Waals surface area contributed by atoms with Gasteiger partial charge in [-0.15, -0.1) is 11.3 Å². The van der Waals surface area contributed by atoms with Gasteiger partial charge in [0.15, 0.2) is 5.78 Å². The van der Waals surface area contributed by atoms with E-state index in [9.17, 15) is 4.79 Å². The van der Waals surface area contributed by atoms with Gasteiger partial charge in [-0.1, -0.05) is 26.0 Å². The number of Topliss-reactive ketones (excluding diaryl/α,β-unsaturated/α-hetero) is 1. The van der Waals surface area contributed by atoms with Crippen LogP contribution in [0, 0.1) is 25.2 Å². The van der Waals surface area contributed by atoms with Crippen LogP contribution >= 0.6 is 11.3 Å². The molecule has 144 valence electrons. The Morgan fingerprint density at radius 3 is 2.81 bits per heavy atom. The topological polar surface area (TPSA) is 46.5 Å². The minimum absolute atomic E-state index is 0.0130. The van der Waals surface area contributed by atoms with Crippen LogP contribution in [0.3, 0.4) is 0 Å². The molecule has 1 fully saturated rings. The van der Waals surface area contributed by atoms with Gasteiger partial charge in [-0.3, -0.25) is 4.79 Å². The summed E-state index contributed by atoms with van der Waals surface area (Å²) >= 11 is 1.71. The second-order valence-corrected chi connectivity index (χ2v) is 9.81. The highest BCUT2D eigenvalue weighted by Gasteiger charge is 2.63. The third-order valence-electron chi connectivity index (χ3n) is 6.50. The molecule has 0 saturated heterocycles. The van der Waals surface area contributed by atoms with Gasteiger partial charge in [-0.05, 0) is 72.3 Å².